The summed E-state index contributed by atoms with van der Waals surface area (Å²) in [5.41, 5.74) is 8.60. The van der Waals surface area contributed by atoms with Crippen molar-refractivity contribution in [3.63, 3.8) is 0 Å². The van der Waals surface area contributed by atoms with Gasteiger partial charge >= 0.3 is 6.03 Å². The van der Waals surface area contributed by atoms with Crippen molar-refractivity contribution in [1.29, 1.82) is 0 Å². The van der Waals surface area contributed by atoms with Crippen LogP contribution in [-0.2, 0) is 13.0 Å². The molecule has 2 amide bonds. The molecule has 110 valence electrons. The molecule has 0 bridgehead atoms. The standard InChI is InChI=1S/C17H21N3O/c1-20(12-11-14-5-3-2-4-6-14)17(21)19-16-9-7-15(13-18)8-10-16/h2-10H,11-13,18H2,1H3,(H,19,21). The molecule has 0 spiro atoms. The van der Waals surface area contributed by atoms with E-state index in [-0.39, 0.29) is 6.03 Å². The zero-order valence-electron chi connectivity index (χ0n) is 12.3. The lowest BCUT2D eigenvalue weighted by atomic mass is 10.1. The lowest BCUT2D eigenvalue weighted by molar-refractivity contribution is 0.223. The largest absolute Gasteiger partial charge is 0.327 e. The summed E-state index contributed by atoms with van der Waals surface area (Å²) < 4.78 is 0. The Labute approximate surface area is 125 Å². The summed E-state index contributed by atoms with van der Waals surface area (Å²) in [7, 11) is 1.80. The summed E-state index contributed by atoms with van der Waals surface area (Å²) in [6, 6.07) is 17.6. The lowest BCUT2D eigenvalue weighted by Crippen LogP contribution is -2.32. The van der Waals surface area contributed by atoms with Crippen molar-refractivity contribution >= 4 is 11.7 Å². The molecule has 2 aromatic rings. The second-order valence-electron chi connectivity index (χ2n) is 4.99. The molecule has 0 aromatic heterocycles. The Morgan fingerprint density at radius 2 is 1.71 bits per heavy atom. The van der Waals surface area contributed by atoms with Gasteiger partial charge in [0.15, 0.2) is 0 Å². The Kier molecular flexibility index (Phi) is 5.35. The van der Waals surface area contributed by atoms with Gasteiger partial charge in [0, 0.05) is 25.8 Å². The topological polar surface area (TPSA) is 58.4 Å². The number of carbonyl (C=O) groups excluding carboxylic acids is 1. The van der Waals surface area contributed by atoms with Crippen LogP contribution in [0.5, 0.6) is 0 Å². The molecular weight excluding hydrogens is 262 g/mol. The fraction of sp³-hybridized carbons (Fsp3) is 0.235. The minimum Gasteiger partial charge on any atom is -0.327 e. The van der Waals surface area contributed by atoms with Gasteiger partial charge in [0.1, 0.15) is 0 Å². The molecule has 3 N–H and O–H groups in total. The van der Waals surface area contributed by atoms with Crippen LogP contribution in [0.2, 0.25) is 0 Å². The highest BCUT2D eigenvalue weighted by atomic mass is 16.2. The molecule has 0 radical (unpaired) electrons. The molecule has 2 rings (SSSR count). The molecule has 4 heteroatoms. The highest BCUT2D eigenvalue weighted by molar-refractivity contribution is 5.89. The molecule has 0 aliphatic carbocycles. The molecule has 0 heterocycles. The first kappa shape index (κ1) is 15.1. The van der Waals surface area contributed by atoms with Crippen molar-refractivity contribution < 1.29 is 4.79 Å². The van der Waals surface area contributed by atoms with Gasteiger partial charge in [-0.05, 0) is 29.7 Å². The van der Waals surface area contributed by atoms with E-state index >= 15 is 0 Å². The number of nitrogens with one attached hydrogen (secondary N) is 1. The number of hydrogen-bond donors (Lipinski definition) is 2. The van der Waals surface area contributed by atoms with Crippen LogP contribution in [0.25, 0.3) is 0 Å². The van der Waals surface area contributed by atoms with Crippen molar-refractivity contribution in [3.05, 3.63) is 65.7 Å². The van der Waals surface area contributed by atoms with Gasteiger partial charge in [-0.1, -0.05) is 42.5 Å². The van der Waals surface area contributed by atoms with Crippen LogP contribution in [0.1, 0.15) is 11.1 Å². The number of likely N-dealkylation sites (N-methyl/N-ethyl adjacent to an activating group) is 1. The van der Waals surface area contributed by atoms with E-state index in [0.29, 0.717) is 13.1 Å². The van der Waals surface area contributed by atoms with Crippen LogP contribution < -0.4 is 11.1 Å². The third kappa shape index (κ3) is 4.61. The molecule has 0 saturated heterocycles. The number of rotatable bonds is 5. The Balaban J connectivity index is 1.84. The SMILES string of the molecule is CN(CCc1ccccc1)C(=O)Nc1ccc(CN)cc1. The van der Waals surface area contributed by atoms with Crippen LogP contribution in [0.15, 0.2) is 54.6 Å². The summed E-state index contributed by atoms with van der Waals surface area (Å²) in [5.74, 6) is 0. The quantitative estimate of drug-likeness (QED) is 0.886. The van der Waals surface area contributed by atoms with Crippen molar-refractivity contribution in [2.75, 3.05) is 18.9 Å². The Bertz CT molecular complexity index is 566. The third-order valence-corrected chi connectivity index (χ3v) is 3.37. The highest BCUT2D eigenvalue weighted by Crippen LogP contribution is 2.10. The van der Waals surface area contributed by atoms with Crippen LogP contribution in [-0.4, -0.2) is 24.5 Å². The number of anilines is 1. The van der Waals surface area contributed by atoms with E-state index in [9.17, 15) is 4.79 Å². The fourth-order valence-corrected chi connectivity index (χ4v) is 1.99. The first-order valence-corrected chi connectivity index (χ1v) is 7.04. The summed E-state index contributed by atoms with van der Waals surface area (Å²) in [6.45, 7) is 1.18. The van der Waals surface area contributed by atoms with E-state index in [1.165, 1.54) is 5.56 Å². The van der Waals surface area contributed by atoms with E-state index in [0.717, 1.165) is 17.7 Å². The fourth-order valence-electron chi connectivity index (χ4n) is 1.99. The van der Waals surface area contributed by atoms with Gasteiger partial charge in [-0.25, -0.2) is 4.79 Å². The van der Waals surface area contributed by atoms with Crippen LogP contribution >= 0.6 is 0 Å². The van der Waals surface area contributed by atoms with Gasteiger partial charge in [0.2, 0.25) is 0 Å². The lowest BCUT2D eigenvalue weighted by Gasteiger charge is -2.18. The molecule has 4 nitrogen and oxygen atoms in total. The van der Waals surface area contributed by atoms with Gasteiger partial charge in [-0.2, -0.15) is 0 Å². The number of hydrogen-bond acceptors (Lipinski definition) is 2. The predicted octanol–water partition coefficient (Wildman–Crippen LogP) is 2.85. The van der Waals surface area contributed by atoms with Crippen LogP contribution in [0.3, 0.4) is 0 Å². The molecule has 0 saturated carbocycles. The smallest absolute Gasteiger partial charge is 0.321 e. The van der Waals surface area contributed by atoms with E-state index in [1.54, 1.807) is 11.9 Å². The second-order valence-corrected chi connectivity index (χ2v) is 4.99. The molecule has 2 aromatic carbocycles. The third-order valence-electron chi connectivity index (χ3n) is 3.37. The number of nitrogens with two attached hydrogens (primary N) is 1. The molecular formula is C17H21N3O. The summed E-state index contributed by atoms with van der Waals surface area (Å²) in [5, 5.41) is 2.88. The first-order chi connectivity index (χ1) is 10.2. The van der Waals surface area contributed by atoms with Crippen molar-refractivity contribution in [3.8, 4) is 0 Å². The minimum atomic E-state index is -0.105. The monoisotopic (exact) mass is 283 g/mol. The van der Waals surface area contributed by atoms with Gasteiger partial charge in [-0.3, -0.25) is 0 Å². The number of benzene rings is 2. The molecule has 0 unspecified atom stereocenters. The van der Waals surface area contributed by atoms with E-state index in [1.807, 2.05) is 42.5 Å². The van der Waals surface area contributed by atoms with Gasteiger partial charge in [0.25, 0.3) is 0 Å². The number of urea groups is 1. The summed E-state index contributed by atoms with van der Waals surface area (Å²) in [4.78, 5) is 13.8. The van der Waals surface area contributed by atoms with E-state index < -0.39 is 0 Å². The average molecular weight is 283 g/mol. The normalized spacial score (nSPS) is 10.2. The van der Waals surface area contributed by atoms with Gasteiger partial charge in [0.05, 0.1) is 0 Å². The minimum absolute atomic E-state index is 0.105. The zero-order chi connectivity index (χ0) is 15.1. The van der Waals surface area contributed by atoms with Crippen molar-refractivity contribution in [2.45, 2.75) is 13.0 Å². The van der Waals surface area contributed by atoms with E-state index in [2.05, 4.69) is 17.4 Å². The Morgan fingerprint density at radius 1 is 1.05 bits per heavy atom. The molecule has 0 atom stereocenters. The Morgan fingerprint density at radius 3 is 2.33 bits per heavy atom. The first-order valence-electron chi connectivity index (χ1n) is 7.04. The van der Waals surface area contributed by atoms with Crippen molar-refractivity contribution in [2.24, 2.45) is 5.73 Å². The number of carbonyl (C=O) groups is 1. The zero-order valence-corrected chi connectivity index (χ0v) is 12.3. The molecule has 0 aliphatic heterocycles. The average Bonchev–Trinajstić information content (AvgIpc) is 2.54. The Hall–Kier alpha value is -2.33. The van der Waals surface area contributed by atoms with Crippen LogP contribution in [0, 0.1) is 0 Å². The maximum absolute atomic E-state index is 12.1. The summed E-state index contributed by atoms with van der Waals surface area (Å²) in [6.07, 6.45) is 0.844. The number of nitrogens with zero attached hydrogens (tertiary/aromatic N) is 1. The molecule has 21 heavy (non-hydrogen) atoms. The second kappa shape index (κ2) is 7.45. The van der Waals surface area contributed by atoms with Gasteiger partial charge < -0.3 is 16.0 Å². The highest BCUT2D eigenvalue weighted by Gasteiger charge is 2.08. The summed E-state index contributed by atoms with van der Waals surface area (Å²) >= 11 is 0. The predicted molar refractivity (Wildman–Crippen MR) is 86.1 cm³/mol. The maximum Gasteiger partial charge on any atom is 0.321 e. The van der Waals surface area contributed by atoms with Crippen molar-refractivity contribution in [1.82, 2.24) is 4.90 Å². The molecule has 0 fully saturated rings. The maximum atomic E-state index is 12.1. The van der Waals surface area contributed by atoms with Crippen LogP contribution in [0.4, 0.5) is 10.5 Å². The number of amides is 2. The van der Waals surface area contributed by atoms with E-state index in [4.69, 9.17) is 5.73 Å². The van der Waals surface area contributed by atoms with Gasteiger partial charge in [-0.15, -0.1) is 0 Å². The molecule has 0 aliphatic rings.